The summed E-state index contributed by atoms with van der Waals surface area (Å²) in [6.45, 7) is 7.65. The number of nitrogens with zero attached hydrogens (tertiary/aromatic N) is 1. The first-order valence-corrected chi connectivity index (χ1v) is 7.80. The van der Waals surface area contributed by atoms with E-state index in [1.165, 1.54) is 30.4 Å². The summed E-state index contributed by atoms with van der Waals surface area (Å²) in [5.41, 5.74) is 8.83. The second-order valence-corrected chi connectivity index (χ2v) is 6.62. The molecule has 4 heteroatoms. The smallest absolute Gasteiger partial charge is 0.170 e. The van der Waals surface area contributed by atoms with Crippen molar-refractivity contribution < 1.29 is 5.21 Å². The van der Waals surface area contributed by atoms with Crippen molar-refractivity contribution in [2.45, 2.75) is 52.6 Å². The van der Waals surface area contributed by atoms with E-state index in [-0.39, 0.29) is 5.84 Å². The van der Waals surface area contributed by atoms with Crippen LogP contribution in [0.4, 0.5) is 0 Å². The van der Waals surface area contributed by atoms with Gasteiger partial charge in [-0.05, 0) is 55.2 Å². The van der Waals surface area contributed by atoms with E-state index >= 15 is 0 Å². The summed E-state index contributed by atoms with van der Waals surface area (Å²) in [5, 5.41) is 15.5. The maximum absolute atomic E-state index is 8.72. The van der Waals surface area contributed by atoms with Crippen LogP contribution in [0.1, 0.15) is 49.8 Å². The van der Waals surface area contributed by atoms with Gasteiger partial charge in [0, 0.05) is 18.2 Å². The molecular weight excluding hydrogens is 262 g/mol. The van der Waals surface area contributed by atoms with Crippen molar-refractivity contribution in [1.82, 2.24) is 5.32 Å². The van der Waals surface area contributed by atoms with Crippen molar-refractivity contribution in [2.24, 2.45) is 22.7 Å². The monoisotopic (exact) mass is 289 g/mol. The SMILES string of the molecule is Cc1cc(/C(N)=N/O)ccc1CNC1CC(C)CC(C)C1. The molecule has 0 bridgehead atoms. The summed E-state index contributed by atoms with van der Waals surface area (Å²) in [5.74, 6) is 1.79. The topological polar surface area (TPSA) is 70.6 Å². The number of benzene rings is 1. The number of oxime groups is 1. The number of hydrogen-bond acceptors (Lipinski definition) is 3. The number of rotatable bonds is 4. The molecule has 4 nitrogen and oxygen atoms in total. The number of nitrogens with one attached hydrogen (secondary N) is 1. The Hall–Kier alpha value is -1.55. The third kappa shape index (κ3) is 4.21. The van der Waals surface area contributed by atoms with Crippen LogP contribution in [0.5, 0.6) is 0 Å². The molecule has 2 unspecified atom stereocenters. The van der Waals surface area contributed by atoms with E-state index in [1.807, 2.05) is 12.1 Å². The lowest BCUT2D eigenvalue weighted by Crippen LogP contribution is -2.36. The third-order valence-electron chi connectivity index (χ3n) is 4.51. The first-order chi connectivity index (χ1) is 9.99. The minimum atomic E-state index is 0.160. The van der Waals surface area contributed by atoms with Crippen LogP contribution in [0.15, 0.2) is 23.4 Å². The van der Waals surface area contributed by atoms with Crippen LogP contribution < -0.4 is 11.1 Å². The van der Waals surface area contributed by atoms with E-state index in [4.69, 9.17) is 10.9 Å². The minimum absolute atomic E-state index is 0.160. The summed E-state index contributed by atoms with van der Waals surface area (Å²) >= 11 is 0. The number of amidine groups is 1. The standard InChI is InChI=1S/C17H27N3O/c1-11-6-12(2)8-16(7-11)19-10-15-5-4-14(9-13(15)3)17(18)20-21/h4-5,9,11-12,16,19,21H,6-8,10H2,1-3H3,(H2,18,20). The van der Waals surface area contributed by atoms with Gasteiger partial charge in [0.2, 0.25) is 0 Å². The summed E-state index contributed by atoms with van der Waals surface area (Å²) in [6.07, 6.45) is 3.89. The lowest BCUT2D eigenvalue weighted by Gasteiger charge is -2.32. The fourth-order valence-electron chi connectivity index (χ4n) is 3.48. The van der Waals surface area contributed by atoms with Gasteiger partial charge in [-0.15, -0.1) is 0 Å². The van der Waals surface area contributed by atoms with Crippen molar-refractivity contribution in [3.05, 3.63) is 34.9 Å². The first-order valence-electron chi connectivity index (χ1n) is 7.80. The molecule has 116 valence electrons. The molecule has 0 heterocycles. The molecule has 4 N–H and O–H groups in total. The fourth-order valence-corrected chi connectivity index (χ4v) is 3.48. The van der Waals surface area contributed by atoms with Crippen molar-refractivity contribution in [2.75, 3.05) is 0 Å². The Morgan fingerprint density at radius 1 is 1.29 bits per heavy atom. The van der Waals surface area contributed by atoms with Crippen LogP contribution in [0, 0.1) is 18.8 Å². The highest BCUT2D eigenvalue weighted by Gasteiger charge is 2.23. The van der Waals surface area contributed by atoms with Crippen LogP contribution in [-0.4, -0.2) is 17.1 Å². The van der Waals surface area contributed by atoms with Crippen LogP contribution in [0.25, 0.3) is 0 Å². The zero-order valence-corrected chi connectivity index (χ0v) is 13.3. The molecule has 0 saturated heterocycles. The molecule has 2 atom stereocenters. The van der Waals surface area contributed by atoms with Crippen molar-refractivity contribution >= 4 is 5.84 Å². The van der Waals surface area contributed by atoms with E-state index in [0.717, 1.165) is 23.9 Å². The van der Waals surface area contributed by atoms with Gasteiger partial charge in [0.05, 0.1) is 0 Å². The minimum Gasteiger partial charge on any atom is -0.409 e. The molecule has 0 amide bonds. The van der Waals surface area contributed by atoms with E-state index in [0.29, 0.717) is 6.04 Å². The summed E-state index contributed by atoms with van der Waals surface area (Å²) < 4.78 is 0. The fraction of sp³-hybridized carbons (Fsp3) is 0.588. The molecule has 1 aliphatic rings. The Balaban J connectivity index is 1.97. The Morgan fingerprint density at radius 3 is 2.52 bits per heavy atom. The van der Waals surface area contributed by atoms with Gasteiger partial charge in [0.1, 0.15) is 0 Å². The van der Waals surface area contributed by atoms with Crippen LogP contribution in [0.2, 0.25) is 0 Å². The van der Waals surface area contributed by atoms with Gasteiger partial charge in [0.15, 0.2) is 5.84 Å². The second kappa shape index (κ2) is 6.94. The van der Waals surface area contributed by atoms with Gasteiger partial charge in [-0.1, -0.05) is 31.1 Å². The molecule has 0 spiro atoms. The molecule has 0 radical (unpaired) electrons. The molecule has 2 rings (SSSR count). The molecule has 1 saturated carbocycles. The first kappa shape index (κ1) is 15.8. The molecule has 1 aromatic carbocycles. The van der Waals surface area contributed by atoms with Gasteiger partial charge in [-0.3, -0.25) is 0 Å². The highest BCUT2D eigenvalue weighted by molar-refractivity contribution is 5.97. The van der Waals surface area contributed by atoms with Crippen LogP contribution >= 0.6 is 0 Å². The van der Waals surface area contributed by atoms with Crippen LogP contribution in [-0.2, 0) is 6.54 Å². The van der Waals surface area contributed by atoms with Gasteiger partial charge in [0.25, 0.3) is 0 Å². The number of hydrogen-bond donors (Lipinski definition) is 3. The third-order valence-corrected chi connectivity index (χ3v) is 4.51. The lowest BCUT2D eigenvalue weighted by atomic mass is 9.80. The molecule has 0 aromatic heterocycles. The maximum Gasteiger partial charge on any atom is 0.170 e. The van der Waals surface area contributed by atoms with Gasteiger partial charge < -0.3 is 16.3 Å². The molecule has 1 fully saturated rings. The molecule has 0 aliphatic heterocycles. The largest absolute Gasteiger partial charge is 0.409 e. The van der Waals surface area contributed by atoms with Gasteiger partial charge in [-0.25, -0.2) is 0 Å². The number of nitrogens with two attached hydrogens (primary N) is 1. The Kier molecular flexibility index (Phi) is 5.23. The molecule has 1 aliphatic carbocycles. The van der Waals surface area contributed by atoms with Gasteiger partial charge in [-0.2, -0.15) is 0 Å². The highest BCUT2D eigenvalue weighted by Crippen LogP contribution is 2.28. The average Bonchev–Trinajstić information content (AvgIpc) is 2.44. The van der Waals surface area contributed by atoms with E-state index in [9.17, 15) is 0 Å². The van der Waals surface area contributed by atoms with E-state index in [1.54, 1.807) is 0 Å². The Labute approximate surface area is 127 Å². The zero-order chi connectivity index (χ0) is 15.4. The lowest BCUT2D eigenvalue weighted by molar-refractivity contribution is 0.238. The van der Waals surface area contributed by atoms with Crippen molar-refractivity contribution in [3.8, 4) is 0 Å². The zero-order valence-electron chi connectivity index (χ0n) is 13.3. The molecule has 21 heavy (non-hydrogen) atoms. The summed E-state index contributed by atoms with van der Waals surface area (Å²) in [4.78, 5) is 0. The second-order valence-electron chi connectivity index (χ2n) is 6.62. The van der Waals surface area contributed by atoms with Crippen LogP contribution in [0.3, 0.4) is 0 Å². The predicted octanol–water partition coefficient (Wildman–Crippen LogP) is 3.00. The molecule has 1 aromatic rings. The van der Waals surface area contributed by atoms with E-state index < -0.39 is 0 Å². The quantitative estimate of drug-likeness (QED) is 0.345. The summed E-state index contributed by atoms with van der Waals surface area (Å²) in [7, 11) is 0. The highest BCUT2D eigenvalue weighted by atomic mass is 16.4. The van der Waals surface area contributed by atoms with Crippen molar-refractivity contribution in [3.63, 3.8) is 0 Å². The Morgan fingerprint density at radius 2 is 1.95 bits per heavy atom. The van der Waals surface area contributed by atoms with E-state index in [2.05, 4.69) is 37.3 Å². The normalized spacial score (nSPS) is 26.8. The molecular formula is C17H27N3O. The predicted molar refractivity (Wildman–Crippen MR) is 86.5 cm³/mol. The Bertz CT molecular complexity index is 503. The number of aryl methyl sites for hydroxylation is 1. The van der Waals surface area contributed by atoms with Gasteiger partial charge >= 0.3 is 0 Å². The van der Waals surface area contributed by atoms with Crippen molar-refractivity contribution in [1.29, 1.82) is 0 Å². The maximum atomic E-state index is 8.72. The average molecular weight is 289 g/mol. The summed E-state index contributed by atoms with van der Waals surface area (Å²) in [6, 6.07) is 6.56.